The number of carbonyl (C=O) groups excluding carboxylic acids is 1. The van der Waals surface area contributed by atoms with Crippen LogP contribution >= 0.6 is 11.3 Å². The number of nitriles is 1. The summed E-state index contributed by atoms with van der Waals surface area (Å²) in [6.07, 6.45) is 8.26. The Hall–Kier alpha value is -2.76. The molecule has 8 heteroatoms. The lowest BCUT2D eigenvalue weighted by Crippen LogP contribution is -2.37. The van der Waals surface area contributed by atoms with Crippen molar-refractivity contribution in [1.82, 2.24) is 19.6 Å². The molecule has 1 amide bonds. The van der Waals surface area contributed by atoms with E-state index in [-0.39, 0.29) is 17.9 Å². The predicted octanol–water partition coefficient (Wildman–Crippen LogP) is 4.38. The number of carbonyl (C=O) groups is 1. The lowest BCUT2D eigenvalue weighted by Gasteiger charge is -2.31. The highest BCUT2D eigenvalue weighted by Gasteiger charge is 2.38. The summed E-state index contributed by atoms with van der Waals surface area (Å²) in [5, 5.41) is 13.8. The Morgan fingerprint density at radius 3 is 2.90 bits per heavy atom. The Morgan fingerprint density at radius 1 is 1.32 bits per heavy atom. The molecule has 0 bridgehead atoms. The minimum Gasteiger partial charge on any atom is -0.346 e. The number of aromatic nitrogens is 3. The van der Waals surface area contributed by atoms with Crippen molar-refractivity contribution in [3.63, 3.8) is 0 Å². The number of nitrogens with zero attached hydrogens (tertiary/aromatic N) is 5. The molecule has 0 spiro atoms. The van der Waals surface area contributed by atoms with Gasteiger partial charge >= 0.3 is 0 Å². The van der Waals surface area contributed by atoms with Crippen LogP contribution in [0.2, 0.25) is 0 Å². The number of hydroxylamine groups is 2. The number of aryl methyl sites for hydroxylation is 1. The zero-order chi connectivity index (χ0) is 21.4. The van der Waals surface area contributed by atoms with Crippen molar-refractivity contribution < 1.29 is 9.63 Å². The fourth-order valence-corrected chi connectivity index (χ4v) is 5.48. The number of thiazole rings is 1. The Labute approximate surface area is 185 Å². The van der Waals surface area contributed by atoms with Crippen molar-refractivity contribution in [2.24, 2.45) is 11.8 Å². The van der Waals surface area contributed by atoms with Crippen LogP contribution in [-0.4, -0.2) is 32.1 Å². The molecular weight excluding hydrogens is 410 g/mol. The van der Waals surface area contributed by atoms with E-state index in [0.717, 1.165) is 60.4 Å². The van der Waals surface area contributed by atoms with Gasteiger partial charge < -0.3 is 4.57 Å². The standard InChI is InChI=1S/C23H25N5O2S/c1-15-26-20(14-31-15)21-7-9-30-28(21)23(29)18-4-2-16(3-5-18)13-27-8-6-19-22(27)10-17(11-24)12-25-19/h6,8,10,12,14,16,18,21H,2-5,7,9,13H2,1H3/t16-,18-,21-/m0/s1. The molecule has 2 aliphatic rings. The topological polar surface area (TPSA) is 84.0 Å². The van der Waals surface area contributed by atoms with Crippen LogP contribution < -0.4 is 0 Å². The van der Waals surface area contributed by atoms with E-state index in [1.54, 1.807) is 22.6 Å². The number of pyridine rings is 1. The molecule has 0 N–H and O–H groups in total. The van der Waals surface area contributed by atoms with Crippen LogP contribution in [0.15, 0.2) is 29.9 Å². The first kappa shape index (κ1) is 20.2. The van der Waals surface area contributed by atoms with Gasteiger partial charge in [-0.05, 0) is 50.7 Å². The number of hydrogen-bond acceptors (Lipinski definition) is 6. The van der Waals surface area contributed by atoms with Gasteiger partial charge in [-0.3, -0.25) is 14.6 Å². The van der Waals surface area contributed by atoms with Gasteiger partial charge in [0.25, 0.3) is 0 Å². The van der Waals surface area contributed by atoms with Crippen molar-refractivity contribution in [2.45, 2.75) is 51.6 Å². The van der Waals surface area contributed by atoms with E-state index < -0.39 is 0 Å². The van der Waals surface area contributed by atoms with Crippen LogP contribution in [-0.2, 0) is 16.2 Å². The van der Waals surface area contributed by atoms with Crippen molar-refractivity contribution in [3.05, 3.63) is 46.2 Å². The average molecular weight is 436 g/mol. The average Bonchev–Trinajstić information content (AvgIpc) is 3.53. The molecule has 0 aromatic carbocycles. The Bertz CT molecular complexity index is 1140. The first-order valence-corrected chi connectivity index (χ1v) is 11.7. The smallest absolute Gasteiger partial charge is 0.249 e. The summed E-state index contributed by atoms with van der Waals surface area (Å²) in [4.78, 5) is 27.9. The van der Waals surface area contributed by atoms with Gasteiger partial charge in [-0.1, -0.05) is 0 Å². The Balaban J connectivity index is 1.21. The molecule has 3 aromatic rings. The third kappa shape index (κ3) is 3.95. The third-order valence-corrected chi connectivity index (χ3v) is 7.29. The van der Waals surface area contributed by atoms with E-state index in [0.29, 0.717) is 18.1 Å². The summed E-state index contributed by atoms with van der Waals surface area (Å²) < 4.78 is 2.19. The highest BCUT2D eigenvalue weighted by Crippen LogP contribution is 2.37. The van der Waals surface area contributed by atoms with Crippen LogP contribution in [0.1, 0.15) is 54.4 Å². The van der Waals surface area contributed by atoms with E-state index >= 15 is 0 Å². The quantitative estimate of drug-likeness (QED) is 0.607. The van der Waals surface area contributed by atoms with Gasteiger partial charge in [0.2, 0.25) is 5.91 Å². The van der Waals surface area contributed by atoms with Crippen molar-refractivity contribution in [1.29, 1.82) is 5.26 Å². The van der Waals surface area contributed by atoms with Gasteiger partial charge in [-0.2, -0.15) is 5.26 Å². The van der Waals surface area contributed by atoms with Crippen LogP contribution in [0.5, 0.6) is 0 Å². The minimum atomic E-state index is -0.0526. The molecule has 31 heavy (non-hydrogen) atoms. The van der Waals surface area contributed by atoms with E-state index in [4.69, 9.17) is 10.1 Å². The maximum absolute atomic E-state index is 13.2. The molecule has 3 aromatic heterocycles. The number of rotatable bonds is 4. The van der Waals surface area contributed by atoms with Crippen LogP contribution in [0.3, 0.4) is 0 Å². The summed E-state index contributed by atoms with van der Waals surface area (Å²) in [5.74, 6) is 0.646. The third-order valence-electron chi connectivity index (χ3n) is 6.50. The van der Waals surface area contributed by atoms with Gasteiger partial charge in [0.05, 0.1) is 33.9 Å². The molecule has 1 atom stereocenters. The van der Waals surface area contributed by atoms with Gasteiger partial charge in [-0.25, -0.2) is 10.0 Å². The monoisotopic (exact) mass is 435 g/mol. The van der Waals surface area contributed by atoms with E-state index in [1.165, 1.54) is 0 Å². The Kier molecular flexibility index (Phi) is 5.47. The first-order chi connectivity index (χ1) is 15.1. The highest BCUT2D eigenvalue weighted by atomic mass is 32.1. The minimum absolute atomic E-state index is 0.0184. The normalized spacial score (nSPS) is 23.9. The molecule has 5 rings (SSSR count). The van der Waals surface area contributed by atoms with Gasteiger partial charge in [-0.15, -0.1) is 11.3 Å². The number of fused-ring (bicyclic) bond motifs is 1. The van der Waals surface area contributed by atoms with Crippen LogP contribution in [0, 0.1) is 30.1 Å². The second-order valence-corrected chi connectivity index (χ2v) is 9.58. The van der Waals surface area contributed by atoms with E-state index in [1.807, 2.05) is 24.4 Å². The van der Waals surface area contributed by atoms with Gasteiger partial charge in [0.1, 0.15) is 12.1 Å². The zero-order valence-corrected chi connectivity index (χ0v) is 18.3. The molecular formula is C23H25N5O2S. The summed E-state index contributed by atoms with van der Waals surface area (Å²) >= 11 is 1.62. The van der Waals surface area contributed by atoms with E-state index in [9.17, 15) is 4.79 Å². The van der Waals surface area contributed by atoms with E-state index in [2.05, 4.69) is 26.8 Å². The highest BCUT2D eigenvalue weighted by molar-refractivity contribution is 7.09. The molecule has 4 heterocycles. The van der Waals surface area contributed by atoms with Gasteiger partial charge in [0, 0.05) is 36.7 Å². The zero-order valence-electron chi connectivity index (χ0n) is 17.5. The second-order valence-electron chi connectivity index (χ2n) is 8.52. The SMILES string of the molecule is Cc1nc([C@@H]2CCON2C(=O)[C@H]2CC[C@H](Cn3ccc4ncc(C#N)cc43)CC2)cs1. The number of amides is 1. The molecule has 0 radical (unpaired) electrons. The molecule has 1 aliphatic carbocycles. The van der Waals surface area contributed by atoms with Crippen molar-refractivity contribution in [2.75, 3.05) is 6.61 Å². The molecule has 160 valence electrons. The summed E-state index contributed by atoms with van der Waals surface area (Å²) in [7, 11) is 0. The maximum atomic E-state index is 13.2. The second kappa shape index (κ2) is 8.40. The molecule has 7 nitrogen and oxygen atoms in total. The summed E-state index contributed by atoms with van der Waals surface area (Å²) in [6, 6.07) is 6.02. The molecule has 2 fully saturated rings. The van der Waals surface area contributed by atoms with Crippen LogP contribution in [0.4, 0.5) is 0 Å². The lowest BCUT2D eigenvalue weighted by atomic mass is 9.81. The fourth-order valence-electron chi connectivity index (χ4n) is 4.82. The van der Waals surface area contributed by atoms with Crippen LogP contribution in [0.25, 0.3) is 11.0 Å². The number of hydrogen-bond donors (Lipinski definition) is 0. The molecule has 0 unspecified atom stereocenters. The van der Waals surface area contributed by atoms with Crippen molar-refractivity contribution in [3.8, 4) is 6.07 Å². The molecule has 1 aliphatic heterocycles. The summed E-state index contributed by atoms with van der Waals surface area (Å²) in [6.45, 7) is 3.45. The molecule has 1 saturated carbocycles. The maximum Gasteiger partial charge on any atom is 0.249 e. The summed E-state index contributed by atoms with van der Waals surface area (Å²) in [5.41, 5.74) is 3.45. The van der Waals surface area contributed by atoms with Crippen molar-refractivity contribution >= 4 is 28.3 Å². The Morgan fingerprint density at radius 2 is 2.16 bits per heavy atom. The first-order valence-electron chi connectivity index (χ1n) is 10.9. The predicted molar refractivity (Wildman–Crippen MR) is 117 cm³/mol. The molecule has 1 saturated heterocycles. The van der Waals surface area contributed by atoms with Gasteiger partial charge in [0.15, 0.2) is 0 Å². The fraction of sp³-hybridized carbons (Fsp3) is 0.478. The lowest BCUT2D eigenvalue weighted by molar-refractivity contribution is -0.183. The largest absolute Gasteiger partial charge is 0.346 e.